The number of aromatic nitrogens is 4. The highest BCUT2D eigenvalue weighted by atomic mass is 16.5. The number of fused-ring (bicyclic) bond motifs is 1. The Morgan fingerprint density at radius 2 is 1.91 bits per heavy atom. The first-order valence-corrected chi connectivity index (χ1v) is 7.84. The number of aromatic amines is 1. The van der Waals surface area contributed by atoms with Crippen LogP contribution in [0.25, 0.3) is 0 Å². The monoisotopic (exact) mass is 301 g/mol. The van der Waals surface area contributed by atoms with Gasteiger partial charge in [-0.05, 0) is 38.3 Å². The van der Waals surface area contributed by atoms with Crippen molar-refractivity contribution < 1.29 is 4.74 Å². The zero-order valence-electron chi connectivity index (χ0n) is 13.3. The van der Waals surface area contributed by atoms with Crippen molar-refractivity contribution >= 4 is 0 Å². The molecule has 0 aromatic carbocycles. The molecule has 0 amide bonds. The zero-order valence-corrected chi connectivity index (χ0v) is 13.3. The van der Waals surface area contributed by atoms with Crippen molar-refractivity contribution in [1.82, 2.24) is 25.1 Å². The number of nitrogens with one attached hydrogen (secondary N) is 1. The van der Waals surface area contributed by atoms with Gasteiger partial charge in [-0.3, -0.25) is 10.00 Å². The first kappa shape index (κ1) is 15.0. The number of H-pyrrole nitrogens is 1. The van der Waals surface area contributed by atoms with Crippen molar-refractivity contribution in [3.8, 4) is 6.01 Å². The van der Waals surface area contributed by atoms with E-state index in [9.17, 15) is 0 Å². The quantitative estimate of drug-likeness (QED) is 0.857. The summed E-state index contributed by atoms with van der Waals surface area (Å²) in [6, 6.07) is 0.407. The molecule has 118 valence electrons. The molecule has 0 spiro atoms. The number of rotatable bonds is 5. The molecule has 0 atom stereocenters. The van der Waals surface area contributed by atoms with Crippen molar-refractivity contribution in [1.29, 1.82) is 0 Å². The van der Waals surface area contributed by atoms with Crippen LogP contribution < -0.4 is 4.74 Å². The Morgan fingerprint density at radius 3 is 2.68 bits per heavy atom. The SMILES string of the molecule is COc1ncc(CN(C)Cc2n[nH]c3c2CCCCC3)cn1. The summed E-state index contributed by atoms with van der Waals surface area (Å²) in [7, 11) is 3.67. The molecule has 0 saturated carbocycles. The summed E-state index contributed by atoms with van der Waals surface area (Å²) in [6.07, 6.45) is 9.78. The number of ether oxygens (including phenoxy) is 1. The van der Waals surface area contributed by atoms with Crippen molar-refractivity contribution in [3.05, 3.63) is 34.9 Å². The molecule has 0 radical (unpaired) electrons. The minimum absolute atomic E-state index is 0.407. The second-order valence-electron chi connectivity index (χ2n) is 5.94. The maximum atomic E-state index is 4.98. The minimum atomic E-state index is 0.407. The van der Waals surface area contributed by atoms with Gasteiger partial charge < -0.3 is 4.74 Å². The maximum absolute atomic E-state index is 4.98. The third-order valence-corrected chi connectivity index (χ3v) is 4.13. The topological polar surface area (TPSA) is 66.9 Å². The largest absolute Gasteiger partial charge is 0.467 e. The molecule has 0 fully saturated rings. The van der Waals surface area contributed by atoms with E-state index < -0.39 is 0 Å². The van der Waals surface area contributed by atoms with Crippen LogP contribution in [0.3, 0.4) is 0 Å². The van der Waals surface area contributed by atoms with Gasteiger partial charge >= 0.3 is 6.01 Å². The average Bonchev–Trinajstić information content (AvgIpc) is 2.75. The van der Waals surface area contributed by atoms with Crippen molar-refractivity contribution in [3.63, 3.8) is 0 Å². The van der Waals surface area contributed by atoms with Gasteiger partial charge in [-0.2, -0.15) is 5.10 Å². The van der Waals surface area contributed by atoms with Crippen LogP contribution in [0.1, 0.15) is 41.8 Å². The smallest absolute Gasteiger partial charge is 0.316 e. The Bertz CT molecular complexity index is 607. The van der Waals surface area contributed by atoms with Gasteiger partial charge in [0.1, 0.15) is 0 Å². The van der Waals surface area contributed by atoms with Crippen LogP contribution in [-0.2, 0) is 25.9 Å². The first-order valence-electron chi connectivity index (χ1n) is 7.84. The Kier molecular flexibility index (Phi) is 4.68. The van der Waals surface area contributed by atoms with E-state index in [0.717, 1.165) is 31.5 Å². The van der Waals surface area contributed by atoms with Gasteiger partial charge in [0.2, 0.25) is 0 Å². The molecule has 2 heterocycles. The highest BCUT2D eigenvalue weighted by Gasteiger charge is 2.16. The molecule has 3 rings (SSSR count). The van der Waals surface area contributed by atoms with Crippen LogP contribution >= 0.6 is 0 Å². The first-order chi connectivity index (χ1) is 10.8. The summed E-state index contributed by atoms with van der Waals surface area (Å²) in [5.74, 6) is 0. The third kappa shape index (κ3) is 3.44. The second-order valence-corrected chi connectivity index (χ2v) is 5.94. The summed E-state index contributed by atoms with van der Waals surface area (Å²) < 4.78 is 4.98. The summed E-state index contributed by atoms with van der Waals surface area (Å²) >= 11 is 0. The molecule has 0 saturated heterocycles. The normalized spacial score (nSPS) is 14.7. The molecule has 2 aromatic heterocycles. The second kappa shape index (κ2) is 6.87. The highest BCUT2D eigenvalue weighted by molar-refractivity contribution is 5.26. The lowest BCUT2D eigenvalue weighted by Crippen LogP contribution is -2.18. The molecule has 2 aromatic rings. The number of nitrogens with zero attached hydrogens (tertiary/aromatic N) is 4. The van der Waals surface area contributed by atoms with Crippen molar-refractivity contribution in [2.75, 3.05) is 14.2 Å². The van der Waals surface area contributed by atoms with E-state index in [2.05, 4.69) is 32.1 Å². The molecule has 1 N–H and O–H groups in total. The highest BCUT2D eigenvalue weighted by Crippen LogP contribution is 2.22. The van der Waals surface area contributed by atoms with Crippen LogP contribution in [0.5, 0.6) is 6.01 Å². The van der Waals surface area contributed by atoms with E-state index in [1.807, 2.05) is 12.4 Å². The van der Waals surface area contributed by atoms with E-state index in [1.54, 1.807) is 7.11 Å². The van der Waals surface area contributed by atoms with Crippen molar-refractivity contribution in [2.24, 2.45) is 0 Å². The fraction of sp³-hybridized carbons (Fsp3) is 0.562. The van der Waals surface area contributed by atoms with Gasteiger partial charge in [0.15, 0.2) is 0 Å². The fourth-order valence-electron chi connectivity index (χ4n) is 3.01. The standard InChI is InChI=1S/C16H23N5O/c1-21(10-12-8-17-16(22-2)18-9-12)11-15-13-6-4-3-5-7-14(13)19-20-15/h8-9H,3-7,10-11H2,1-2H3,(H,19,20). The number of hydrogen-bond acceptors (Lipinski definition) is 5. The Morgan fingerprint density at radius 1 is 1.14 bits per heavy atom. The third-order valence-electron chi connectivity index (χ3n) is 4.13. The van der Waals surface area contributed by atoms with E-state index in [4.69, 9.17) is 4.74 Å². The van der Waals surface area contributed by atoms with Crippen molar-refractivity contribution in [2.45, 2.75) is 45.2 Å². The van der Waals surface area contributed by atoms with E-state index in [-0.39, 0.29) is 0 Å². The molecule has 6 heteroatoms. The van der Waals surface area contributed by atoms with E-state index in [1.165, 1.54) is 36.2 Å². The number of methoxy groups -OCH3 is 1. The molecule has 22 heavy (non-hydrogen) atoms. The van der Waals surface area contributed by atoms with Crippen LogP contribution in [0, 0.1) is 0 Å². The average molecular weight is 301 g/mol. The van der Waals surface area contributed by atoms with E-state index in [0.29, 0.717) is 6.01 Å². The van der Waals surface area contributed by atoms with E-state index >= 15 is 0 Å². The summed E-state index contributed by atoms with van der Waals surface area (Å²) in [6.45, 7) is 1.64. The van der Waals surface area contributed by atoms with Gasteiger partial charge in [0.05, 0.1) is 12.8 Å². The Balaban J connectivity index is 1.64. The molecular weight excluding hydrogens is 278 g/mol. The zero-order chi connectivity index (χ0) is 15.4. The Labute approximate surface area is 130 Å². The van der Waals surface area contributed by atoms with Gasteiger partial charge in [-0.25, -0.2) is 9.97 Å². The molecule has 1 aliphatic rings. The Hall–Kier alpha value is -1.95. The molecular formula is C16H23N5O. The molecule has 0 aliphatic heterocycles. The van der Waals surface area contributed by atoms with Crippen LogP contribution in [-0.4, -0.2) is 39.2 Å². The molecule has 0 bridgehead atoms. The molecule has 1 aliphatic carbocycles. The number of aryl methyl sites for hydroxylation is 1. The predicted molar refractivity (Wildman–Crippen MR) is 83.6 cm³/mol. The molecule has 0 unspecified atom stereocenters. The maximum Gasteiger partial charge on any atom is 0.316 e. The van der Waals surface area contributed by atoms with Crippen LogP contribution in [0.2, 0.25) is 0 Å². The lowest BCUT2D eigenvalue weighted by atomic mass is 10.1. The fourth-order valence-corrected chi connectivity index (χ4v) is 3.01. The van der Waals surface area contributed by atoms with Crippen LogP contribution in [0.4, 0.5) is 0 Å². The lowest BCUT2D eigenvalue weighted by Gasteiger charge is -2.16. The van der Waals surface area contributed by atoms with Gasteiger partial charge in [0.25, 0.3) is 0 Å². The summed E-state index contributed by atoms with van der Waals surface area (Å²) in [5.41, 5.74) is 5.04. The van der Waals surface area contributed by atoms with Crippen LogP contribution in [0.15, 0.2) is 12.4 Å². The van der Waals surface area contributed by atoms with Gasteiger partial charge in [-0.1, -0.05) is 6.42 Å². The minimum Gasteiger partial charge on any atom is -0.467 e. The summed E-state index contributed by atoms with van der Waals surface area (Å²) in [4.78, 5) is 10.5. The molecule has 6 nitrogen and oxygen atoms in total. The summed E-state index contributed by atoms with van der Waals surface area (Å²) in [5, 5.41) is 7.76. The predicted octanol–water partition coefficient (Wildman–Crippen LogP) is 2.11. The number of hydrogen-bond donors (Lipinski definition) is 1. The van der Waals surface area contributed by atoms with Gasteiger partial charge in [0, 0.05) is 36.7 Å². The lowest BCUT2D eigenvalue weighted by molar-refractivity contribution is 0.311. The van der Waals surface area contributed by atoms with Gasteiger partial charge in [-0.15, -0.1) is 0 Å².